The number of nitrogens with two attached hydrogens (primary N) is 1. The van der Waals surface area contributed by atoms with Crippen LogP contribution in [0.4, 0.5) is 5.69 Å². The molecule has 0 aliphatic heterocycles. The molecule has 92 valence electrons. The fraction of sp³-hybridized carbons (Fsp3) is 0.0769. The maximum absolute atomic E-state index is 9.47. The largest absolute Gasteiger partial charge is 0.504 e. The standard InChI is InChI=1S/C13H13N3O2/c1-18-12-8-9(5-6-11(12)17)16-13(14)10-4-2-3-7-15-10/h2-8,17H,1H3,(H2,14,16). The van der Waals surface area contributed by atoms with Gasteiger partial charge in [0, 0.05) is 12.3 Å². The lowest BCUT2D eigenvalue weighted by molar-refractivity contribution is 0.373. The van der Waals surface area contributed by atoms with E-state index in [-0.39, 0.29) is 5.75 Å². The van der Waals surface area contributed by atoms with Gasteiger partial charge in [-0.3, -0.25) is 4.98 Å². The van der Waals surface area contributed by atoms with Crippen LogP contribution in [0, 0.1) is 0 Å². The monoisotopic (exact) mass is 243 g/mol. The van der Waals surface area contributed by atoms with E-state index in [1.807, 2.05) is 6.07 Å². The number of benzene rings is 1. The van der Waals surface area contributed by atoms with Gasteiger partial charge in [-0.2, -0.15) is 0 Å². The Morgan fingerprint density at radius 1 is 1.33 bits per heavy atom. The predicted molar refractivity (Wildman–Crippen MR) is 69.3 cm³/mol. The third kappa shape index (κ3) is 2.57. The zero-order valence-electron chi connectivity index (χ0n) is 9.87. The smallest absolute Gasteiger partial charge is 0.162 e. The summed E-state index contributed by atoms with van der Waals surface area (Å²) in [5, 5.41) is 9.47. The summed E-state index contributed by atoms with van der Waals surface area (Å²) in [5.41, 5.74) is 7.03. The van der Waals surface area contributed by atoms with Crippen LogP contribution < -0.4 is 10.5 Å². The maximum atomic E-state index is 9.47. The van der Waals surface area contributed by atoms with E-state index in [1.54, 1.807) is 30.5 Å². The Kier molecular flexibility index (Phi) is 3.43. The second-order valence-electron chi connectivity index (χ2n) is 3.57. The molecule has 0 aliphatic rings. The van der Waals surface area contributed by atoms with Gasteiger partial charge in [0.05, 0.1) is 12.8 Å². The molecule has 5 heteroatoms. The molecule has 1 aromatic heterocycles. The van der Waals surface area contributed by atoms with E-state index in [1.165, 1.54) is 13.2 Å². The van der Waals surface area contributed by atoms with Crippen LogP contribution in [-0.4, -0.2) is 23.0 Å². The second-order valence-corrected chi connectivity index (χ2v) is 3.57. The van der Waals surface area contributed by atoms with Crippen LogP contribution in [0.2, 0.25) is 0 Å². The Labute approximate surface area is 105 Å². The van der Waals surface area contributed by atoms with E-state index in [0.29, 0.717) is 23.0 Å². The number of aromatic hydroxyl groups is 1. The van der Waals surface area contributed by atoms with Gasteiger partial charge < -0.3 is 15.6 Å². The first-order valence-electron chi connectivity index (χ1n) is 5.33. The lowest BCUT2D eigenvalue weighted by Gasteiger charge is -2.04. The average molecular weight is 243 g/mol. The molecule has 0 amide bonds. The lowest BCUT2D eigenvalue weighted by atomic mass is 10.2. The van der Waals surface area contributed by atoms with E-state index in [0.717, 1.165) is 0 Å². The van der Waals surface area contributed by atoms with Gasteiger partial charge in [-0.25, -0.2) is 4.99 Å². The molecule has 1 aromatic carbocycles. The number of amidine groups is 1. The molecule has 0 radical (unpaired) electrons. The Morgan fingerprint density at radius 3 is 2.83 bits per heavy atom. The summed E-state index contributed by atoms with van der Waals surface area (Å²) in [4.78, 5) is 8.32. The van der Waals surface area contributed by atoms with Gasteiger partial charge in [0.25, 0.3) is 0 Å². The molecule has 0 saturated carbocycles. The molecule has 0 aliphatic carbocycles. The molecule has 0 unspecified atom stereocenters. The van der Waals surface area contributed by atoms with E-state index < -0.39 is 0 Å². The lowest BCUT2D eigenvalue weighted by Crippen LogP contribution is -2.14. The first-order chi connectivity index (χ1) is 8.70. The number of hydrogen-bond donors (Lipinski definition) is 2. The van der Waals surface area contributed by atoms with Crippen molar-refractivity contribution in [2.45, 2.75) is 0 Å². The first kappa shape index (κ1) is 11.9. The minimum atomic E-state index is 0.0628. The molecule has 18 heavy (non-hydrogen) atoms. The van der Waals surface area contributed by atoms with Crippen LogP contribution in [0.3, 0.4) is 0 Å². The van der Waals surface area contributed by atoms with Crippen molar-refractivity contribution in [1.82, 2.24) is 4.98 Å². The zero-order valence-corrected chi connectivity index (χ0v) is 9.87. The molecular formula is C13H13N3O2. The van der Waals surface area contributed by atoms with Gasteiger partial charge in [-0.15, -0.1) is 0 Å². The van der Waals surface area contributed by atoms with Crippen molar-refractivity contribution in [2.75, 3.05) is 7.11 Å². The van der Waals surface area contributed by atoms with Crippen LogP contribution in [0.25, 0.3) is 0 Å². The van der Waals surface area contributed by atoms with Crippen molar-refractivity contribution in [3.63, 3.8) is 0 Å². The average Bonchev–Trinajstić information content (AvgIpc) is 2.42. The van der Waals surface area contributed by atoms with Gasteiger partial charge in [-0.05, 0) is 24.3 Å². The molecule has 1 heterocycles. The highest BCUT2D eigenvalue weighted by Crippen LogP contribution is 2.30. The van der Waals surface area contributed by atoms with Crippen LogP contribution in [0.1, 0.15) is 5.69 Å². The number of phenols is 1. The van der Waals surface area contributed by atoms with Crippen LogP contribution in [0.5, 0.6) is 11.5 Å². The number of pyridine rings is 1. The van der Waals surface area contributed by atoms with E-state index >= 15 is 0 Å². The topological polar surface area (TPSA) is 80.7 Å². The Bertz CT molecular complexity index is 568. The van der Waals surface area contributed by atoms with E-state index in [9.17, 15) is 5.11 Å². The van der Waals surface area contributed by atoms with Crippen LogP contribution in [0.15, 0.2) is 47.6 Å². The predicted octanol–water partition coefficient (Wildman–Crippen LogP) is 1.83. The van der Waals surface area contributed by atoms with Crippen molar-refractivity contribution >= 4 is 11.5 Å². The fourth-order valence-corrected chi connectivity index (χ4v) is 1.45. The summed E-state index contributed by atoms with van der Waals surface area (Å²) in [6.45, 7) is 0. The number of rotatable bonds is 3. The minimum absolute atomic E-state index is 0.0628. The molecular weight excluding hydrogens is 230 g/mol. The van der Waals surface area contributed by atoms with Crippen LogP contribution in [-0.2, 0) is 0 Å². The minimum Gasteiger partial charge on any atom is -0.504 e. The molecule has 0 atom stereocenters. The number of aromatic nitrogens is 1. The van der Waals surface area contributed by atoms with E-state index in [2.05, 4.69) is 9.98 Å². The van der Waals surface area contributed by atoms with Crippen molar-refractivity contribution < 1.29 is 9.84 Å². The first-order valence-corrected chi connectivity index (χ1v) is 5.33. The SMILES string of the molecule is COc1cc(N=C(N)c2ccccn2)ccc1O. The number of methoxy groups -OCH3 is 1. The maximum Gasteiger partial charge on any atom is 0.162 e. The molecule has 0 fully saturated rings. The van der Waals surface area contributed by atoms with Crippen molar-refractivity contribution in [2.24, 2.45) is 10.7 Å². The summed E-state index contributed by atoms with van der Waals surface area (Å²) >= 11 is 0. The second kappa shape index (κ2) is 5.18. The summed E-state index contributed by atoms with van der Waals surface area (Å²) in [5.74, 6) is 0.723. The van der Waals surface area contributed by atoms with E-state index in [4.69, 9.17) is 10.5 Å². The van der Waals surface area contributed by atoms with Gasteiger partial charge in [0.2, 0.25) is 0 Å². The Morgan fingerprint density at radius 2 is 2.17 bits per heavy atom. The summed E-state index contributed by atoms with van der Waals surface area (Å²) in [7, 11) is 1.48. The molecule has 2 aromatic rings. The number of ether oxygens (including phenoxy) is 1. The van der Waals surface area contributed by atoms with Gasteiger partial charge in [0.1, 0.15) is 11.5 Å². The number of aliphatic imine (C=N–C) groups is 1. The van der Waals surface area contributed by atoms with Crippen molar-refractivity contribution in [3.05, 3.63) is 48.3 Å². The third-order valence-electron chi connectivity index (χ3n) is 2.34. The summed E-state index contributed by atoms with van der Waals surface area (Å²) in [6, 6.07) is 10.2. The Hall–Kier alpha value is -2.56. The molecule has 0 spiro atoms. The fourth-order valence-electron chi connectivity index (χ4n) is 1.45. The Balaban J connectivity index is 2.33. The molecule has 0 bridgehead atoms. The summed E-state index contributed by atoms with van der Waals surface area (Å²) in [6.07, 6.45) is 1.65. The molecule has 5 nitrogen and oxygen atoms in total. The highest BCUT2D eigenvalue weighted by molar-refractivity contribution is 5.97. The summed E-state index contributed by atoms with van der Waals surface area (Å²) < 4.78 is 5.00. The molecule has 3 N–H and O–H groups in total. The third-order valence-corrected chi connectivity index (χ3v) is 2.34. The number of hydrogen-bond acceptors (Lipinski definition) is 4. The van der Waals surface area contributed by atoms with Gasteiger partial charge >= 0.3 is 0 Å². The van der Waals surface area contributed by atoms with Crippen LogP contribution >= 0.6 is 0 Å². The van der Waals surface area contributed by atoms with Crippen molar-refractivity contribution in [1.29, 1.82) is 0 Å². The number of phenolic OH excluding ortho intramolecular Hbond substituents is 1. The molecule has 0 saturated heterocycles. The molecule has 2 rings (SSSR count). The highest BCUT2D eigenvalue weighted by Gasteiger charge is 2.03. The number of nitrogens with zero attached hydrogens (tertiary/aromatic N) is 2. The zero-order chi connectivity index (χ0) is 13.0. The quantitative estimate of drug-likeness (QED) is 0.636. The van der Waals surface area contributed by atoms with Crippen molar-refractivity contribution in [3.8, 4) is 11.5 Å². The van der Waals surface area contributed by atoms with Gasteiger partial charge in [-0.1, -0.05) is 6.07 Å². The van der Waals surface area contributed by atoms with Gasteiger partial charge in [0.15, 0.2) is 11.5 Å². The normalized spacial score (nSPS) is 11.3. The highest BCUT2D eigenvalue weighted by atomic mass is 16.5.